The van der Waals surface area contributed by atoms with E-state index in [4.69, 9.17) is 9.41 Å². The number of hydrogen-bond donors (Lipinski definition) is 0. The summed E-state index contributed by atoms with van der Waals surface area (Å²) in [6.45, 7) is 0. The van der Waals surface area contributed by atoms with Gasteiger partial charge in [-0.2, -0.15) is 0 Å². The van der Waals surface area contributed by atoms with Gasteiger partial charge in [-0.15, -0.1) is 11.8 Å². The highest BCUT2D eigenvalue weighted by molar-refractivity contribution is 8.00. The van der Waals surface area contributed by atoms with E-state index < -0.39 is 0 Å². The summed E-state index contributed by atoms with van der Waals surface area (Å²) >= 11 is 1.98. The largest absolute Gasteiger partial charge is 0.456 e. The van der Waals surface area contributed by atoms with Crippen molar-refractivity contribution in [1.82, 2.24) is 9.55 Å². The highest BCUT2D eigenvalue weighted by Gasteiger charge is 2.33. The average molecular weight is 750 g/mol. The van der Waals surface area contributed by atoms with Gasteiger partial charge in [0.2, 0.25) is 0 Å². The van der Waals surface area contributed by atoms with Crippen molar-refractivity contribution in [3.8, 4) is 33.5 Å². The van der Waals surface area contributed by atoms with Crippen LogP contribution in [0.2, 0.25) is 0 Å². The Hall–Kier alpha value is -6.69. The molecule has 2 aliphatic heterocycles. The van der Waals surface area contributed by atoms with Gasteiger partial charge in [-0.05, 0) is 120 Å². The van der Waals surface area contributed by atoms with E-state index in [0.717, 1.165) is 57.3 Å². The number of allylic oxidation sites excluding steroid dienone is 4. The molecule has 0 spiro atoms. The topological polar surface area (TPSA) is 43.3 Å². The van der Waals surface area contributed by atoms with Crippen molar-refractivity contribution >= 4 is 66.9 Å². The zero-order valence-corrected chi connectivity index (χ0v) is 31.8. The number of benzene rings is 6. The minimum atomic E-state index is 0.337. The lowest BCUT2D eigenvalue weighted by Crippen LogP contribution is -2.11. The number of furan rings is 1. The van der Waals surface area contributed by atoms with Gasteiger partial charge in [0.05, 0.1) is 16.7 Å². The van der Waals surface area contributed by atoms with E-state index in [1.807, 2.05) is 36.3 Å². The first-order valence-corrected chi connectivity index (χ1v) is 20.6. The van der Waals surface area contributed by atoms with E-state index in [0.29, 0.717) is 11.2 Å². The Balaban J connectivity index is 1.04. The first-order valence-electron chi connectivity index (χ1n) is 19.7. The fraction of sp³-hybridized carbons (Fsp3) is 0.0769. The van der Waals surface area contributed by atoms with Gasteiger partial charge in [0, 0.05) is 72.5 Å². The van der Waals surface area contributed by atoms with Crippen LogP contribution in [-0.2, 0) is 0 Å². The first kappa shape index (κ1) is 32.5. The monoisotopic (exact) mass is 749 g/mol. The number of aromatic nitrogens is 2. The SMILES string of the molecule is C1=CN=C(c2ccccc2-c2ccc3c(c2)c2cc(-c4ccc5oc6ccc(-c7ccccn7)cc6c5c4)ccc2n3C2=CC3c4ccccc4SC3C=C2)CC1. The number of thioether (sulfide) groups is 1. The molecule has 0 N–H and O–H groups in total. The molecule has 0 saturated carbocycles. The molecular weight excluding hydrogens is 715 g/mol. The fourth-order valence-electron chi connectivity index (χ4n) is 9.18. The van der Waals surface area contributed by atoms with Crippen molar-refractivity contribution in [3.05, 3.63) is 187 Å². The number of pyridine rings is 1. The van der Waals surface area contributed by atoms with Gasteiger partial charge >= 0.3 is 0 Å². The summed E-state index contributed by atoms with van der Waals surface area (Å²) in [6, 6.07) is 50.6. The molecule has 9 aromatic rings. The van der Waals surface area contributed by atoms with Crippen molar-refractivity contribution in [2.45, 2.75) is 28.9 Å². The van der Waals surface area contributed by atoms with Gasteiger partial charge in [-0.25, -0.2) is 0 Å². The van der Waals surface area contributed by atoms with Crippen LogP contribution < -0.4 is 0 Å². The Morgan fingerprint density at radius 3 is 2.11 bits per heavy atom. The number of aliphatic imine (C=N–C) groups is 1. The molecule has 2 atom stereocenters. The smallest absolute Gasteiger partial charge is 0.135 e. The van der Waals surface area contributed by atoms with Gasteiger partial charge in [0.1, 0.15) is 11.2 Å². The molecule has 3 aliphatic rings. The Bertz CT molecular complexity index is 3230. The third-order valence-corrected chi connectivity index (χ3v) is 13.3. The average Bonchev–Trinajstić information content (AvgIpc) is 3.95. The Labute approximate surface area is 334 Å². The second kappa shape index (κ2) is 12.9. The quantitative estimate of drug-likeness (QED) is 0.176. The zero-order chi connectivity index (χ0) is 37.5. The molecule has 270 valence electrons. The van der Waals surface area contributed by atoms with Gasteiger partial charge in [-0.1, -0.05) is 85.0 Å². The van der Waals surface area contributed by atoms with Crippen molar-refractivity contribution in [3.63, 3.8) is 0 Å². The first-order chi connectivity index (χ1) is 28.2. The maximum absolute atomic E-state index is 6.34. The lowest BCUT2D eigenvalue weighted by molar-refractivity contribution is 0.669. The summed E-state index contributed by atoms with van der Waals surface area (Å²) < 4.78 is 8.82. The Morgan fingerprint density at radius 1 is 0.632 bits per heavy atom. The number of fused-ring (bicyclic) bond motifs is 9. The molecule has 1 aliphatic carbocycles. The van der Waals surface area contributed by atoms with Crippen molar-refractivity contribution in [2.24, 2.45) is 4.99 Å². The fourth-order valence-corrected chi connectivity index (χ4v) is 10.5. The minimum absolute atomic E-state index is 0.337. The summed E-state index contributed by atoms with van der Waals surface area (Å²) in [6.07, 6.45) is 15.1. The number of rotatable bonds is 5. The van der Waals surface area contributed by atoms with Crippen molar-refractivity contribution in [1.29, 1.82) is 0 Å². The molecule has 4 nitrogen and oxygen atoms in total. The summed E-state index contributed by atoms with van der Waals surface area (Å²) in [5.41, 5.74) is 15.9. The molecule has 6 aromatic carbocycles. The van der Waals surface area contributed by atoms with Crippen LogP contribution in [0.15, 0.2) is 191 Å². The molecule has 12 rings (SSSR count). The van der Waals surface area contributed by atoms with Crippen LogP contribution in [0.4, 0.5) is 0 Å². The van der Waals surface area contributed by atoms with E-state index in [9.17, 15) is 0 Å². The van der Waals surface area contributed by atoms with Crippen LogP contribution in [0.1, 0.15) is 29.9 Å². The highest BCUT2D eigenvalue weighted by Crippen LogP contribution is 2.50. The molecule has 0 amide bonds. The van der Waals surface area contributed by atoms with Crippen LogP contribution in [0.25, 0.3) is 83.0 Å². The second-order valence-corrected chi connectivity index (χ2v) is 16.4. The summed E-state index contributed by atoms with van der Waals surface area (Å²) in [5.74, 6) is 0.337. The standard InChI is InChI=1S/C52H35N3OS/c1-2-10-38(46-13-6-8-26-54-46)37(9-1)34-16-21-48-41(29-34)40-27-32(15-20-47(40)55(48)36-19-24-52-44(31-36)39-11-3-4-14-51(39)57-52)33-17-22-49-42(28-33)43-30-35(18-23-50(43)56-49)45-12-5-7-25-53-45/h1-5,7-12,14-31,44,52H,6,13H2. The van der Waals surface area contributed by atoms with Crippen LogP contribution in [0.5, 0.6) is 0 Å². The van der Waals surface area contributed by atoms with Gasteiger partial charge in [0.15, 0.2) is 0 Å². The van der Waals surface area contributed by atoms with Crippen molar-refractivity contribution in [2.75, 3.05) is 0 Å². The van der Waals surface area contributed by atoms with Gasteiger partial charge in [0.25, 0.3) is 0 Å². The number of hydrogen-bond acceptors (Lipinski definition) is 4. The molecule has 3 aromatic heterocycles. The van der Waals surface area contributed by atoms with Crippen molar-refractivity contribution < 1.29 is 4.42 Å². The summed E-state index contributed by atoms with van der Waals surface area (Å²) in [5, 5.41) is 5.07. The minimum Gasteiger partial charge on any atom is -0.456 e. The molecule has 57 heavy (non-hydrogen) atoms. The lowest BCUT2D eigenvalue weighted by atomic mass is 9.91. The molecule has 0 saturated heterocycles. The zero-order valence-electron chi connectivity index (χ0n) is 31.0. The van der Waals surface area contributed by atoms with E-state index in [1.54, 1.807) is 0 Å². The van der Waals surface area contributed by atoms with Crippen LogP contribution in [0.3, 0.4) is 0 Å². The predicted molar refractivity (Wildman–Crippen MR) is 238 cm³/mol. The lowest BCUT2D eigenvalue weighted by Gasteiger charge is -2.21. The third-order valence-electron chi connectivity index (χ3n) is 11.9. The normalized spacial score (nSPS) is 17.3. The summed E-state index contributed by atoms with van der Waals surface area (Å²) in [7, 11) is 0. The van der Waals surface area contributed by atoms with E-state index in [1.165, 1.54) is 60.2 Å². The van der Waals surface area contributed by atoms with Crippen LogP contribution >= 0.6 is 11.8 Å². The predicted octanol–water partition coefficient (Wildman–Crippen LogP) is 13.9. The molecule has 0 fully saturated rings. The Kier molecular flexibility index (Phi) is 7.39. The maximum atomic E-state index is 6.34. The summed E-state index contributed by atoms with van der Waals surface area (Å²) in [4.78, 5) is 10.8. The van der Waals surface area contributed by atoms with Gasteiger partial charge in [-0.3, -0.25) is 9.98 Å². The van der Waals surface area contributed by atoms with Crippen LogP contribution in [0, 0.1) is 0 Å². The molecule has 0 radical (unpaired) electrons. The molecular formula is C52H35N3OS. The second-order valence-electron chi connectivity index (χ2n) is 15.2. The third kappa shape index (κ3) is 5.30. The maximum Gasteiger partial charge on any atom is 0.135 e. The highest BCUT2D eigenvalue weighted by atomic mass is 32.2. The molecule has 2 unspecified atom stereocenters. The van der Waals surface area contributed by atoms with E-state index in [2.05, 4.69) is 161 Å². The van der Waals surface area contributed by atoms with E-state index >= 15 is 0 Å². The van der Waals surface area contributed by atoms with Crippen LogP contribution in [-0.4, -0.2) is 20.5 Å². The molecule has 0 bridgehead atoms. The van der Waals surface area contributed by atoms with Gasteiger partial charge < -0.3 is 8.98 Å². The molecule has 5 heterocycles. The Morgan fingerprint density at radius 2 is 1.32 bits per heavy atom. The number of nitrogens with zero attached hydrogens (tertiary/aromatic N) is 3. The van der Waals surface area contributed by atoms with E-state index in [-0.39, 0.29) is 0 Å². The molecule has 5 heteroatoms.